The van der Waals surface area contributed by atoms with Gasteiger partial charge >= 0.3 is 0 Å². The number of thioether (sulfide) groups is 1. The van der Waals surface area contributed by atoms with Crippen LogP contribution in [0.1, 0.15) is 17.7 Å². The molecule has 0 bridgehead atoms. The Labute approximate surface area is 111 Å². The molecular weight excluding hydrogens is 281 g/mol. The van der Waals surface area contributed by atoms with Crippen LogP contribution >= 0.6 is 34.7 Å². The van der Waals surface area contributed by atoms with Crippen molar-refractivity contribution in [2.24, 2.45) is 0 Å². The largest absolute Gasteiger partial charge is 0.374 e. The van der Waals surface area contributed by atoms with Gasteiger partial charge in [0.05, 0.1) is 5.02 Å². The Hall–Kier alpha value is -0.850. The zero-order chi connectivity index (χ0) is 12.4. The second-order valence-corrected chi connectivity index (χ2v) is 6.34. The topological polar surface area (TPSA) is 51.8 Å². The van der Waals surface area contributed by atoms with Crippen LogP contribution in [0.2, 0.25) is 5.02 Å². The van der Waals surface area contributed by atoms with Crippen molar-refractivity contribution >= 4 is 39.8 Å². The summed E-state index contributed by atoms with van der Waals surface area (Å²) in [6.45, 7) is 1.99. The number of rotatable bonds is 3. The fourth-order valence-electron chi connectivity index (χ4n) is 1.25. The molecule has 2 N–H and O–H groups in total. The van der Waals surface area contributed by atoms with Crippen molar-refractivity contribution < 1.29 is 4.39 Å². The Balaban J connectivity index is 2.14. The molecule has 1 aromatic heterocycles. The number of hydrogen-bond donors (Lipinski definition) is 1. The van der Waals surface area contributed by atoms with E-state index >= 15 is 0 Å². The molecule has 0 saturated heterocycles. The molecule has 0 aliphatic heterocycles. The molecule has 0 amide bonds. The summed E-state index contributed by atoms with van der Waals surface area (Å²) in [7, 11) is 0. The highest BCUT2D eigenvalue weighted by atomic mass is 35.5. The molecule has 1 heterocycles. The van der Waals surface area contributed by atoms with Crippen LogP contribution in [0, 0.1) is 5.82 Å². The van der Waals surface area contributed by atoms with Gasteiger partial charge in [0.15, 0.2) is 4.34 Å². The highest BCUT2D eigenvalue weighted by Crippen LogP contribution is 2.37. The lowest BCUT2D eigenvalue weighted by Crippen LogP contribution is -1.89. The predicted molar refractivity (Wildman–Crippen MR) is 70.0 cm³/mol. The van der Waals surface area contributed by atoms with Gasteiger partial charge in [-0.1, -0.05) is 40.8 Å². The first-order chi connectivity index (χ1) is 8.06. The Kier molecular flexibility index (Phi) is 3.86. The Morgan fingerprint density at radius 2 is 2.24 bits per heavy atom. The standard InChI is InChI=1S/C10H9ClFN3S2/c1-5(16-10-15-14-9(13)17-10)6-2-3-8(12)7(11)4-6/h2-5H,1H3,(H2,13,14). The Morgan fingerprint density at radius 1 is 1.47 bits per heavy atom. The maximum absolute atomic E-state index is 13.0. The molecule has 2 rings (SSSR count). The molecule has 0 radical (unpaired) electrons. The lowest BCUT2D eigenvalue weighted by molar-refractivity contribution is 0.627. The number of hydrogen-bond acceptors (Lipinski definition) is 5. The number of nitrogens with two attached hydrogens (primary N) is 1. The van der Waals surface area contributed by atoms with Crippen LogP contribution in [0.25, 0.3) is 0 Å². The average Bonchev–Trinajstić information content (AvgIpc) is 2.68. The van der Waals surface area contributed by atoms with E-state index in [0.29, 0.717) is 5.13 Å². The summed E-state index contributed by atoms with van der Waals surface area (Å²) in [4.78, 5) is 0. The number of anilines is 1. The first-order valence-electron chi connectivity index (χ1n) is 4.77. The highest BCUT2D eigenvalue weighted by Gasteiger charge is 2.12. The number of halogens is 2. The van der Waals surface area contributed by atoms with E-state index in [1.165, 1.54) is 29.2 Å². The van der Waals surface area contributed by atoms with Crippen LogP contribution in [0.3, 0.4) is 0 Å². The van der Waals surface area contributed by atoms with Crippen LogP contribution in [0.4, 0.5) is 9.52 Å². The van der Waals surface area contributed by atoms with E-state index in [2.05, 4.69) is 10.2 Å². The highest BCUT2D eigenvalue weighted by molar-refractivity contribution is 8.01. The van der Waals surface area contributed by atoms with Gasteiger partial charge in [-0.05, 0) is 24.6 Å². The second-order valence-electron chi connectivity index (χ2n) is 3.34. The van der Waals surface area contributed by atoms with E-state index in [-0.39, 0.29) is 10.3 Å². The van der Waals surface area contributed by atoms with Crippen molar-refractivity contribution in [3.05, 3.63) is 34.6 Å². The van der Waals surface area contributed by atoms with E-state index in [1.54, 1.807) is 12.1 Å². The predicted octanol–water partition coefficient (Wildman–Crippen LogP) is 3.77. The molecule has 3 nitrogen and oxygen atoms in total. The molecule has 17 heavy (non-hydrogen) atoms. The first-order valence-corrected chi connectivity index (χ1v) is 6.84. The molecule has 0 saturated carbocycles. The summed E-state index contributed by atoms with van der Waals surface area (Å²) in [6, 6.07) is 4.70. The van der Waals surface area contributed by atoms with Gasteiger partial charge < -0.3 is 5.73 Å². The third-order valence-corrected chi connectivity index (χ3v) is 4.40. The molecule has 90 valence electrons. The van der Waals surface area contributed by atoms with Crippen molar-refractivity contribution in [1.82, 2.24) is 10.2 Å². The van der Waals surface area contributed by atoms with Crippen molar-refractivity contribution in [1.29, 1.82) is 0 Å². The zero-order valence-corrected chi connectivity index (χ0v) is 11.2. The summed E-state index contributed by atoms with van der Waals surface area (Å²) in [6.07, 6.45) is 0. The van der Waals surface area contributed by atoms with Crippen molar-refractivity contribution in [3.63, 3.8) is 0 Å². The normalized spacial score (nSPS) is 12.6. The minimum absolute atomic E-state index is 0.112. The fraction of sp³-hybridized carbons (Fsp3) is 0.200. The van der Waals surface area contributed by atoms with Crippen LogP contribution < -0.4 is 5.73 Å². The summed E-state index contributed by atoms with van der Waals surface area (Å²) >= 11 is 8.58. The monoisotopic (exact) mass is 289 g/mol. The number of nitrogens with zero attached hydrogens (tertiary/aromatic N) is 2. The van der Waals surface area contributed by atoms with E-state index in [9.17, 15) is 4.39 Å². The molecule has 1 atom stereocenters. The lowest BCUT2D eigenvalue weighted by Gasteiger charge is -2.09. The minimum Gasteiger partial charge on any atom is -0.374 e. The van der Waals surface area contributed by atoms with Gasteiger partial charge in [0.1, 0.15) is 5.82 Å². The average molecular weight is 290 g/mol. The quantitative estimate of drug-likeness (QED) is 0.874. The van der Waals surface area contributed by atoms with Gasteiger partial charge in [0, 0.05) is 5.25 Å². The SMILES string of the molecule is CC(Sc1nnc(N)s1)c1ccc(F)c(Cl)c1. The molecule has 0 aliphatic carbocycles. The molecule has 0 spiro atoms. The molecule has 7 heteroatoms. The van der Waals surface area contributed by atoms with E-state index in [4.69, 9.17) is 17.3 Å². The third-order valence-electron chi connectivity index (χ3n) is 2.11. The smallest absolute Gasteiger partial charge is 0.203 e. The van der Waals surface area contributed by atoms with Gasteiger partial charge in [0.25, 0.3) is 0 Å². The van der Waals surface area contributed by atoms with Crippen molar-refractivity contribution in [2.45, 2.75) is 16.5 Å². The summed E-state index contributed by atoms with van der Waals surface area (Å²) < 4.78 is 13.8. The van der Waals surface area contributed by atoms with Gasteiger partial charge in [0.2, 0.25) is 5.13 Å². The van der Waals surface area contributed by atoms with Crippen molar-refractivity contribution in [2.75, 3.05) is 5.73 Å². The van der Waals surface area contributed by atoms with Gasteiger partial charge in [-0.2, -0.15) is 0 Å². The minimum atomic E-state index is -0.409. The van der Waals surface area contributed by atoms with Crippen molar-refractivity contribution in [3.8, 4) is 0 Å². The van der Waals surface area contributed by atoms with Gasteiger partial charge in [-0.25, -0.2) is 4.39 Å². The zero-order valence-electron chi connectivity index (χ0n) is 8.85. The molecule has 2 aromatic rings. The summed E-state index contributed by atoms with van der Waals surface area (Å²) in [5.41, 5.74) is 6.44. The van der Waals surface area contributed by atoms with Crippen LogP contribution in [-0.2, 0) is 0 Å². The molecule has 0 aliphatic rings. The maximum atomic E-state index is 13.0. The van der Waals surface area contributed by atoms with Crippen LogP contribution in [0.15, 0.2) is 22.5 Å². The molecular formula is C10H9ClFN3S2. The first kappa shape index (κ1) is 12.6. The van der Waals surface area contributed by atoms with Crippen LogP contribution in [0.5, 0.6) is 0 Å². The molecule has 1 unspecified atom stereocenters. The Morgan fingerprint density at radius 3 is 2.82 bits per heavy atom. The number of aromatic nitrogens is 2. The van der Waals surface area contributed by atoms with Gasteiger partial charge in [-0.3, -0.25) is 0 Å². The third kappa shape index (κ3) is 3.08. The fourth-order valence-corrected chi connectivity index (χ4v) is 3.34. The molecule has 0 fully saturated rings. The Bertz CT molecular complexity index is 532. The van der Waals surface area contributed by atoms with Crippen LogP contribution in [-0.4, -0.2) is 10.2 Å². The van der Waals surface area contributed by atoms with E-state index in [1.807, 2.05) is 6.92 Å². The van der Waals surface area contributed by atoms with E-state index in [0.717, 1.165) is 9.90 Å². The lowest BCUT2D eigenvalue weighted by atomic mass is 10.2. The number of nitrogen functional groups attached to an aromatic ring is 1. The second kappa shape index (κ2) is 5.20. The van der Waals surface area contributed by atoms with Gasteiger partial charge in [-0.15, -0.1) is 10.2 Å². The molecule has 1 aromatic carbocycles. The van der Waals surface area contributed by atoms with E-state index < -0.39 is 5.82 Å². The summed E-state index contributed by atoms with van der Waals surface area (Å²) in [5.74, 6) is -0.409. The summed E-state index contributed by atoms with van der Waals surface area (Å²) in [5, 5.41) is 8.34. The number of benzene rings is 1. The maximum Gasteiger partial charge on any atom is 0.203 e.